The van der Waals surface area contributed by atoms with Crippen molar-refractivity contribution in [1.29, 1.82) is 0 Å². The number of sulfonamides is 2. The van der Waals surface area contributed by atoms with Gasteiger partial charge in [-0.15, -0.1) is 0 Å². The lowest BCUT2D eigenvalue weighted by Crippen LogP contribution is -2.37. The molecule has 0 unspecified atom stereocenters. The Morgan fingerprint density at radius 2 is 0.931 bits per heavy atom. The maximum absolute atomic E-state index is 13.1. The first-order valence-electron chi connectivity index (χ1n) is 18.9. The molecule has 0 amide bonds. The molecule has 58 heavy (non-hydrogen) atoms. The van der Waals surface area contributed by atoms with Crippen LogP contribution in [0, 0.1) is 11.8 Å². The van der Waals surface area contributed by atoms with Crippen LogP contribution in [0.5, 0.6) is 0 Å². The molecular weight excluding hydrogens is 821 g/mol. The smallest absolute Gasteiger partial charge is 0.268 e. The Bertz CT molecular complexity index is 2910. The summed E-state index contributed by atoms with van der Waals surface area (Å²) in [6.07, 6.45) is 5.25. The van der Waals surface area contributed by atoms with Crippen LogP contribution in [-0.4, -0.2) is 82.7 Å². The first kappa shape index (κ1) is 41.5. The number of nitrogens with zero attached hydrogens (tertiary/aromatic N) is 4. The molecule has 6 aromatic rings. The van der Waals surface area contributed by atoms with Crippen LogP contribution in [0.25, 0.3) is 21.8 Å². The van der Waals surface area contributed by atoms with Crippen LogP contribution in [0.2, 0.25) is 0 Å². The first-order valence-corrected chi connectivity index (χ1v) is 24.6. The summed E-state index contributed by atoms with van der Waals surface area (Å²) in [6.45, 7) is 6.20. The first-order chi connectivity index (χ1) is 27.5. The Balaban J connectivity index is 0.000000177. The van der Waals surface area contributed by atoms with Gasteiger partial charge in [0.2, 0.25) is 20.0 Å². The third kappa shape index (κ3) is 7.90. The van der Waals surface area contributed by atoms with E-state index in [1.807, 2.05) is 0 Å². The molecule has 0 spiro atoms. The molecule has 0 aliphatic carbocycles. The van der Waals surface area contributed by atoms with Crippen LogP contribution in [-0.2, 0) is 40.1 Å². The van der Waals surface area contributed by atoms with Gasteiger partial charge in [-0.05, 0) is 110 Å². The summed E-state index contributed by atoms with van der Waals surface area (Å²) in [5, 5.41) is 0.953. The average molecular weight is 865 g/mol. The fourth-order valence-electron chi connectivity index (χ4n) is 7.32. The monoisotopic (exact) mass is 864 g/mol. The molecule has 0 radical (unpaired) electrons. The third-order valence-electron chi connectivity index (χ3n) is 10.8. The standard InChI is InChI=1S/C21H22N2O5S2.C20H22N2O4S2/c1-16-9-11-22(12-10-16)29(25,26)20-7-8-21-17(14-20)13-18(15-24)23(21)30(27,28)19-5-3-2-4-6-19;1-16-9-12-21(13-10-16)27(23,24)19-7-8-20-17(15-19)11-14-22(20)28(25,26)18-5-3-2-4-6-18/h2-8,13-16H,9-12H2,1H3;2-8,11,14-16H,9-10,12-13H2,1H3. The van der Waals surface area contributed by atoms with Crippen LogP contribution in [0.4, 0.5) is 0 Å². The largest absolute Gasteiger partial charge is 0.296 e. The number of carbonyl (C=O) groups excluding carboxylic acids is 1. The lowest BCUT2D eigenvalue weighted by atomic mass is 10.0. The lowest BCUT2D eigenvalue weighted by molar-refractivity contribution is 0.111. The average Bonchev–Trinajstić information content (AvgIpc) is 3.84. The van der Waals surface area contributed by atoms with Crippen molar-refractivity contribution >= 4 is 68.2 Å². The highest BCUT2D eigenvalue weighted by Gasteiger charge is 2.31. The second-order valence-corrected chi connectivity index (χ2v) is 22.3. The summed E-state index contributed by atoms with van der Waals surface area (Å²) in [6, 6.07) is 27.9. The molecule has 17 heteroatoms. The molecular formula is C41H44N4O9S4. The van der Waals surface area contributed by atoms with E-state index in [0.717, 1.165) is 29.7 Å². The van der Waals surface area contributed by atoms with Crippen LogP contribution in [0.15, 0.2) is 135 Å². The van der Waals surface area contributed by atoms with E-state index >= 15 is 0 Å². The maximum atomic E-state index is 13.1. The second kappa shape index (κ2) is 16.2. The zero-order valence-electron chi connectivity index (χ0n) is 32.0. The number of rotatable bonds is 9. The van der Waals surface area contributed by atoms with Crippen LogP contribution in [0.3, 0.4) is 0 Å². The Hall–Kier alpha value is -4.65. The van der Waals surface area contributed by atoms with Crippen molar-refractivity contribution in [3.05, 3.63) is 121 Å². The van der Waals surface area contributed by atoms with Crippen molar-refractivity contribution in [1.82, 2.24) is 16.6 Å². The van der Waals surface area contributed by atoms with E-state index in [0.29, 0.717) is 60.6 Å². The second-order valence-electron chi connectivity index (χ2n) is 14.8. The molecule has 4 heterocycles. The van der Waals surface area contributed by atoms with E-state index in [1.165, 1.54) is 73.4 Å². The fraction of sp³-hybridized carbons (Fsp3) is 0.293. The normalized spacial score (nSPS) is 16.9. The summed E-state index contributed by atoms with van der Waals surface area (Å²) in [4.78, 5) is 12.1. The predicted octanol–water partition coefficient (Wildman–Crippen LogP) is 6.41. The van der Waals surface area contributed by atoms with Gasteiger partial charge in [0, 0.05) is 43.1 Å². The molecule has 0 saturated carbocycles. The minimum atomic E-state index is -4.01. The van der Waals surface area contributed by atoms with Gasteiger partial charge in [-0.25, -0.2) is 41.6 Å². The van der Waals surface area contributed by atoms with Crippen LogP contribution in [0.1, 0.15) is 50.0 Å². The highest BCUT2D eigenvalue weighted by molar-refractivity contribution is 7.90. The number of hydrogen-bond acceptors (Lipinski definition) is 9. The number of aromatic nitrogens is 2. The molecule has 306 valence electrons. The number of fused-ring (bicyclic) bond motifs is 2. The van der Waals surface area contributed by atoms with Gasteiger partial charge < -0.3 is 0 Å². The molecule has 2 saturated heterocycles. The maximum Gasteiger partial charge on any atom is 0.268 e. The Morgan fingerprint density at radius 3 is 1.41 bits per heavy atom. The Kier molecular flexibility index (Phi) is 11.6. The van der Waals surface area contributed by atoms with Crippen molar-refractivity contribution < 1.29 is 38.5 Å². The molecule has 0 atom stereocenters. The van der Waals surface area contributed by atoms with Gasteiger partial charge in [-0.3, -0.25) is 4.79 Å². The number of piperidine rings is 2. The van der Waals surface area contributed by atoms with Crippen molar-refractivity contribution in [3.63, 3.8) is 0 Å². The van der Waals surface area contributed by atoms with E-state index in [1.54, 1.807) is 54.6 Å². The molecule has 2 aliphatic rings. The van der Waals surface area contributed by atoms with Crippen molar-refractivity contribution in [2.24, 2.45) is 11.8 Å². The van der Waals surface area contributed by atoms with E-state index in [9.17, 15) is 38.5 Å². The summed E-state index contributed by atoms with van der Waals surface area (Å²) in [7, 11) is -15.0. The fourth-order valence-corrected chi connectivity index (χ4v) is 13.2. The van der Waals surface area contributed by atoms with Gasteiger partial charge in [0.1, 0.15) is 0 Å². The van der Waals surface area contributed by atoms with E-state index in [-0.39, 0.29) is 30.8 Å². The minimum absolute atomic E-state index is 0.0461. The zero-order chi connectivity index (χ0) is 41.5. The van der Waals surface area contributed by atoms with Crippen LogP contribution >= 0.6 is 0 Å². The summed E-state index contributed by atoms with van der Waals surface area (Å²) in [5.74, 6) is 1.03. The minimum Gasteiger partial charge on any atom is -0.296 e. The summed E-state index contributed by atoms with van der Waals surface area (Å²) in [5.41, 5.74) is 0.650. The summed E-state index contributed by atoms with van der Waals surface area (Å²) >= 11 is 0. The van der Waals surface area contributed by atoms with Crippen molar-refractivity contribution in [2.75, 3.05) is 26.2 Å². The van der Waals surface area contributed by atoms with Crippen LogP contribution < -0.4 is 0 Å². The SMILES string of the molecule is CC1CCN(S(=O)(=O)c2ccc3c(c2)cc(C=O)n3S(=O)(=O)c2ccccc2)CC1.CC1CCN(S(=O)(=O)c2ccc3c(ccn3S(=O)(=O)c3ccccc3)c2)CC1. The van der Waals surface area contributed by atoms with Gasteiger partial charge >= 0.3 is 0 Å². The Labute approximate surface area is 339 Å². The molecule has 4 aromatic carbocycles. The zero-order valence-corrected chi connectivity index (χ0v) is 35.2. The molecule has 8 rings (SSSR count). The van der Waals surface area contributed by atoms with E-state index in [2.05, 4.69) is 13.8 Å². The van der Waals surface area contributed by atoms with Gasteiger partial charge in [-0.1, -0.05) is 50.2 Å². The molecule has 2 aliphatic heterocycles. The van der Waals surface area contributed by atoms with Gasteiger partial charge in [0.25, 0.3) is 20.0 Å². The molecule has 2 aromatic heterocycles. The quantitative estimate of drug-likeness (QED) is 0.149. The third-order valence-corrected chi connectivity index (χ3v) is 18.1. The highest BCUT2D eigenvalue weighted by Crippen LogP contribution is 2.31. The van der Waals surface area contributed by atoms with Crippen molar-refractivity contribution in [2.45, 2.75) is 59.1 Å². The topological polar surface area (TPSA) is 170 Å². The lowest BCUT2D eigenvalue weighted by Gasteiger charge is -2.29. The molecule has 0 bridgehead atoms. The number of aldehydes is 1. The van der Waals surface area contributed by atoms with Gasteiger partial charge in [0.15, 0.2) is 6.29 Å². The highest BCUT2D eigenvalue weighted by atomic mass is 32.2. The van der Waals surface area contributed by atoms with Gasteiger partial charge in [-0.2, -0.15) is 8.61 Å². The molecule has 2 fully saturated rings. The number of hydrogen-bond donors (Lipinski definition) is 0. The van der Waals surface area contributed by atoms with Gasteiger partial charge in [0.05, 0.1) is 36.3 Å². The molecule has 0 N–H and O–H groups in total. The summed E-state index contributed by atoms with van der Waals surface area (Å²) < 4.78 is 109. The predicted molar refractivity (Wildman–Crippen MR) is 222 cm³/mol. The molecule has 13 nitrogen and oxygen atoms in total. The number of carbonyl (C=O) groups is 1. The number of benzene rings is 4. The van der Waals surface area contributed by atoms with Crippen molar-refractivity contribution in [3.8, 4) is 0 Å². The Morgan fingerprint density at radius 1 is 0.483 bits per heavy atom. The van der Waals surface area contributed by atoms with E-state index < -0.39 is 40.1 Å². The van der Waals surface area contributed by atoms with E-state index in [4.69, 9.17) is 0 Å².